The van der Waals surface area contributed by atoms with Gasteiger partial charge in [0.25, 0.3) is 0 Å². The number of rotatable bonds is 9. The van der Waals surface area contributed by atoms with E-state index >= 15 is 0 Å². The normalized spacial score (nSPS) is 13.3. The van der Waals surface area contributed by atoms with Crippen molar-refractivity contribution in [1.29, 1.82) is 0 Å². The van der Waals surface area contributed by atoms with Gasteiger partial charge in [-0.2, -0.15) is 0 Å². The predicted molar refractivity (Wildman–Crippen MR) is 66.5 cm³/mol. The van der Waals surface area contributed by atoms with Crippen molar-refractivity contribution < 1.29 is 0 Å². The van der Waals surface area contributed by atoms with Gasteiger partial charge in [0.1, 0.15) is 0 Å². The Balaban J connectivity index is 3.28. The van der Waals surface area contributed by atoms with Crippen molar-refractivity contribution in [2.75, 3.05) is 0 Å². The number of hydrogen-bond acceptors (Lipinski definition) is 0. The van der Waals surface area contributed by atoms with Crippen LogP contribution in [0.25, 0.3) is 0 Å². The summed E-state index contributed by atoms with van der Waals surface area (Å²) < 4.78 is 0. The molecule has 0 heteroatoms. The minimum Gasteiger partial charge on any atom is -0.103 e. The second-order valence-corrected chi connectivity index (χ2v) is 4.17. The second kappa shape index (κ2) is 10.6. The minimum absolute atomic E-state index is 0.841. The van der Waals surface area contributed by atoms with Crippen LogP contribution in [0.2, 0.25) is 0 Å². The van der Waals surface area contributed by atoms with Gasteiger partial charge >= 0.3 is 0 Å². The van der Waals surface area contributed by atoms with Crippen LogP contribution in [0.15, 0.2) is 24.8 Å². The molecule has 0 radical (unpaired) electrons. The molecule has 0 aliphatic carbocycles. The summed E-state index contributed by atoms with van der Waals surface area (Å²) >= 11 is 0. The van der Waals surface area contributed by atoms with Crippen LogP contribution >= 0.6 is 0 Å². The molecule has 0 fully saturated rings. The molecule has 0 rings (SSSR count). The molecule has 0 aromatic heterocycles. The van der Waals surface area contributed by atoms with E-state index in [2.05, 4.69) is 32.6 Å². The lowest BCUT2D eigenvalue weighted by Crippen LogP contribution is -1.91. The first-order chi connectivity index (χ1) is 6.81. The van der Waals surface area contributed by atoms with Gasteiger partial charge < -0.3 is 0 Å². The molecule has 0 nitrogen and oxygen atoms in total. The molecule has 0 aliphatic rings. The van der Waals surface area contributed by atoms with Crippen LogP contribution in [0.1, 0.15) is 58.8 Å². The summed E-state index contributed by atoms with van der Waals surface area (Å²) in [6.07, 6.45) is 15.7. The lowest BCUT2D eigenvalue weighted by Gasteiger charge is -2.06. The molecule has 0 saturated heterocycles. The quantitative estimate of drug-likeness (QED) is 0.353. The van der Waals surface area contributed by atoms with E-state index in [0.29, 0.717) is 0 Å². The van der Waals surface area contributed by atoms with E-state index in [-0.39, 0.29) is 0 Å². The van der Waals surface area contributed by atoms with Crippen molar-refractivity contribution in [3.05, 3.63) is 24.8 Å². The molecular formula is C14H26. The van der Waals surface area contributed by atoms with Gasteiger partial charge in [-0.25, -0.2) is 0 Å². The zero-order valence-corrected chi connectivity index (χ0v) is 9.97. The average Bonchev–Trinajstić information content (AvgIpc) is 2.18. The molecule has 14 heavy (non-hydrogen) atoms. The first-order valence-corrected chi connectivity index (χ1v) is 6.07. The van der Waals surface area contributed by atoms with Crippen LogP contribution in [0, 0.1) is 5.92 Å². The lowest BCUT2D eigenvalue weighted by molar-refractivity contribution is 0.519. The van der Waals surface area contributed by atoms with Gasteiger partial charge in [0.2, 0.25) is 0 Å². The number of unbranched alkanes of at least 4 members (excludes halogenated alkanes) is 3. The highest BCUT2D eigenvalue weighted by molar-refractivity contribution is 4.83. The fourth-order valence-corrected chi connectivity index (χ4v) is 1.50. The topological polar surface area (TPSA) is 0 Å². The van der Waals surface area contributed by atoms with Crippen LogP contribution in [0.3, 0.4) is 0 Å². The molecule has 0 aromatic carbocycles. The Morgan fingerprint density at radius 2 is 1.93 bits per heavy atom. The van der Waals surface area contributed by atoms with Crippen LogP contribution < -0.4 is 0 Å². The summed E-state index contributed by atoms with van der Waals surface area (Å²) in [6, 6.07) is 0. The van der Waals surface area contributed by atoms with Crippen molar-refractivity contribution in [3.63, 3.8) is 0 Å². The summed E-state index contributed by atoms with van der Waals surface area (Å²) in [5.41, 5.74) is 0. The highest BCUT2D eigenvalue weighted by Gasteiger charge is 1.97. The monoisotopic (exact) mass is 194 g/mol. The highest BCUT2D eigenvalue weighted by atomic mass is 14.0. The van der Waals surface area contributed by atoms with Crippen molar-refractivity contribution >= 4 is 0 Å². The van der Waals surface area contributed by atoms with Crippen LogP contribution in [-0.2, 0) is 0 Å². The lowest BCUT2D eigenvalue weighted by atomic mass is 10.00. The maximum absolute atomic E-state index is 3.74. The van der Waals surface area contributed by atoms with Gasteiger partial charge in [-0.1, -0.05) is 51.3 Å². The van der Waals surface area contributed by atoms with Crippen LogP contribution in [-0.4, -0.2) is 0 Å². The van der Waals surface area contributed by atoms with Crippen LogP contribution in [0.5, 0.6) is 0 Å². The molecule has 1 unspecified atom stereocenters. The van der Waals surface area contributed by atoms with Crippen LogP contribution in [0.4, 0.5) is 0 Å². The molecule has 0 saturated carbocycles. The molecule has 0 amide bonds. The maximum Gasteiger partial charge on any atom is -0.0325 e. The van der Waals surface area contributed by atoms with Crippen molar-refractivity contribution in [1.82, 2.24) is 0 Å². The SMILES string of the molecule is C=CCCCC(C)CC=CCCCC. The highest BCUT2D eigenvalue weighted by Crippen LogP contribution is 2.12. The molecule has 0 bridgehead atoms. The van der Waals surface area contributed by atoms with E-state index in [9.17, 15) is 0 Å². The fraction of sp³-hybridized carbons (Fsp3) is 0.714. The van der Waals surface area contributed by atoms with E-state index in [0.717, 1.165) is 5.92 Å². The predicted octanol–water partition coefficient (Wildman–Crippen LogP) is 5.12. The third kappa shape index (κ3) is 9.57. The summed E-state index contributed by atoms with van der Waals surface area (Å²) in [4.78, 5) is 0. The van der Waals surface area contributed by atoms with E-state index in [1.165, 1.54) is 44.9 Å². The van der Waals surface area contributed by atoms with Crippen molar-refractivity contribution in [2.24, 2.45) is 5.92 Å². The Labute approximate surface area is 90.1 Å². The number of allylic oxidation sites excluding steroid dienone is 3. The van der Waals surface area contributed by atoms with Crippen molar-refractivity contribution in [3.8, 4) is 0 Å². The third-order valence-electron chi connectivity index (χ3n) is 2.53. The zero-order valence-electron chi connectivity index (χ0n) is 9.97. The summed E-state index contributed by atoms with van der Waals surface area (Å²) in [7, 11) is 0. The molecule has 0 aliphatic heterocycles. The Morgan fingerprint density at radius 1 is 1.14 bits per heavy atom. The standard InChI is InChI=1S/C14H26/c1-4-6-8-9-11-13-14(3)12-10-7-5-2/h5,9,11,14H,2,4,6-8,10,12-13H2,1,3H3. The second-order valence-electron chi connectivity index (χ2n) is 4.17. The molecule has 0 spiro atoms. The first kappa shape index (κ1) is 13.5. The van der Waals surface area contributed by atoms with Gasteiger partial charge in [-0.05, 0) is 31.6 Å². The Morgan fingerprint density at radius 3 is 2.57 bits per heavy atom. The minimum atomic E-state index is 0.841. The Hall–Kier alpha value is -0.520. The fourth-order valence-electron chi connectivity index (χ4n) is 1.50. The summed E-state index contributed by atoms with van der Waals surface area (Å²) in [5.74, 6) is 0.841. The zero-order chi connectivity index (χ0) is 10.6. The molecule has 0 N–H and O–H groups in total. The van der Waals surface area contributed by atoms with E-state index < -0.39 is 0 Å². The maximum atomic E-state index is 3.74. The molecular weight excluding hydrogens is 168 g/mol. The molecule has 0 heterocycles. The van der Waals surface area contributed by atoms with Gasteiger partial charge in [-0.3, -0.25) is 0 Å². The average molecular weight is 194 g/mol. The first-order valence-electron chi connectivity index (χ1n) is 6.07. The Bertz CT molecular complexity index is 144. The largest absolute Gasteiger partial charge is 0.103 e. The van der Waals surface area contributed by atoms with Crippen molar-refractivity contribution in [2.45, 2.75) is 58.8 Å². The summed E-state index contributed by atoms with van der Waals surface area (Å²) in [5, 5.41) is 0. The molecule has 1 atom stereocenters. The molecule has 82 valence electrons. The van der Waals surface area contributed by atoms with Gasteiger partial charge in [-0.15, -0.1) is 6.58 Å². The Kier molecular flexibility index (Phi) is 10.2. The van der Waals surface area contributed by atoms with E-state index in [4.69, 9.17) is 0 Å². The van der Waals surface area contributed by atoms with Gasteiger partial charge in [0, 0.05) is 0 Å². The van der Waals surface area contributed by atoms with E-state index in [1.807, 2.05) is 6.08 Å². The molecule has 0 aromatic rings. The summed E-state index contributed by atoms with van der Waals surface area (Å²) in [6.45, 7) is 8.32. The van der Waals surface area contributed by atoms with Gasteiger partial charge in [0.05, 0.1) is 0 Å². The number of hydrogen-bond donors (Lipinski definition) is 0. The van der Waals surface area contributed by atoms with E-state index in [1.54, 1.807) is 0 Å². The third-order valence-corrected chi connectivity index (χ3v) is 2.53. The smallest absolute Gasteiger partial charge is 0.0325 e. The van der Waals surface area contributed by atoms with Gasteiger partial charge in [0.15, 0.2) is 0 Å².